The van der Waals surface area contributed by atoms with Gasteiger partial charge in [0.2, 0.25) is 0 Å². The molecular formula is C24H30ClN5O2. The number of allylic oxidation sites excluding steroid dienone is 2. The Labute approximate surface area is 194 Å². The number of alkyl carbamates (subject to hydrolysis) is 1. The number of nitrogens with one attached hydrogen (secondary N) is 2. The van der Waals surface area contributed by atoms with E-state index >= 15 is 0 Å². The van der Waals surface area contributed by atoms with E-state index < -0.39 is 11.7 Å². The number of hydrogen-bond acceptors (Lipinski definition) is 6. The van der Waals surface area contributed by atoms with Gasteiger partial charge >= 0.3 is 6.09 Å². The van der Waals surface area contributed by atoms with Crippen LogP contribution in [0.2, 0.25) is 0 Å². The van der Waals surface area contributed by atoms with E-state index in [0.717, 1.165) is 35.3 Å². The summed E-state index contributed by atoms with van der Waals surface area (Å²) in [5.74, 6) is 0. The third-order valence-electron chi connectivity index (χ3n) is 4.96. The molecule has 8 heteroatoms. The van der Waals surface area contributed by atoms with Gasteiger partial charge in [0, 0.05) is 32.0 Å². The van der Waals surface area contributed by atoms with Crippen LogP contribution < -0.4 is 10.6 Å². The van der Waals surface area contributed by atoms with Crippen molar-refractivity contribution < 1.29 is 9.53 Å². The molecule has 1 atom stereocenters. The molecule has 7 nitrogen and oxygen atoms in total. The van der Waals surface area contributed by atoms with Gasteiger partial charge in [0.15, 0.2) is 0 Å². The second-order valence-corrected chi connectivity index (χ2v) is 9.10. The number of fused-ring (bicyclic) bond motifs is 1. The van der Waals surface area contributed by atoms with Crippen LogP contribution in [0.25, 0.3) is 11.0 Å². The van der Waals surface area contributed by atoms with E-state index in [-0.39, 0.29) is 6.04 Å². The maximum absolute atomic E-state index is 12.1. The van der Waals surface area contributed by atoms with Crippen LogP contribution in [0.15, 0.2) is 66.3 Å². The Kier molecular flexibility index (Phi) is 7.40. The maximum atomic E-state index is 12.1. The molecule has 0 bridgehead atoms. The van der Waals surface area contributed by atoms with Crippen molar-refractivity contribution in [3.05, 3.63) is 71.8 Å². The molecule has 170 valence electrons. The fraction of sp³-hybridized carbons (Fsp3) is 0.375. The SMILES string of the molecule is C=C/C(Cl)=C(\C(=C)NCc1ccc2nccnc2c1)N1CC[C@@H](NC(=O)OC(C)(C)C)C1. The first-order valence-electron chi connectivity index (χ1n) is 10.6. The van der Waals surface area contributed by atoms with Crippen LogP contribution in [-0.2, 0) is 11.3 Å². The van der Waals surface area contributed by atoms with Gasteiger partial charge in [-0.2, -0.15) is 0 Å². The van der Waals surface area contributed by atoms with Gasteiger partial charge in [-0.1, -0.05) is 30.8 Å². The maximum Gasteiger partial charge on any atom is 0.407 e. The van der Waals surface area contributed by atoms with E-state index in [1.165, 1.54) is 0 Å². The van der Waals surface area contributed by atoms with Gasteiger partial charge in [0.25, 0.3) is 0 Å². The summed E-state index contributed by atoms with van der Waals surface area (Å²) in [7, 11) is 0. The minimum atomic E-state index is -0.536. The lowest BCUT2D eigenvalue weighted by Gasteiger charge is -2.26. The summed E-state index contributed by atoms with van der Waals surface area (Å²) in [5.41, 5.74) is 3.67. The number of ether oxygens (including phenoxy) is 1. The van der Waals surface area contributed by atoms with Crippen molar-refractivity contribution in [2.75, 3.05) is 13.1 Å². The zero-order valence-electron chi connectivity index (χ0n) is 18.8. The van der Waals surface area contributed by atoms with Crippen molar-refractivity contribution in [1.29, 1.82) is 0 Å². The Morgan fingerprint density at radius 2 is 2.03 bits per heavy atom. The molecule has 1 aliphatic heterocycles. The highest BCUT2D eigenvalue weighted by Crippen LogP contribution is 2.26. The molecule has 0 spiro atoms. The van der Waals surface area contributed by atoms with Gasteiger partial charge in [0.1, 0.15) is 5.60 Å². The van der Waals surface area contributed by atoms with Crippen LogP contribution in [0.5, 0.6) is 0 Å². The summed E-state index contributed by atoms with van der Waals surface area (Å²) in [5, 5.41) is 6.79. The lowest BCUT2D eigenvalue weighted by Crippen LogP contribution is -2.40. The van der Waals surface area contributed by atoms with E-state index in [2.05, 4.69) is 38.7 Å². The van der Waals surface area contributed by atoms with Crippen LogP contribution in [0.3, 0.4) is 0 Å². The summed E-state index contributed by atoms with van der Waals surface area (Å²) in [6.07, 6.45) is 5.32. The smallest absolute Gasteiger partial charge is 0.407 e. The summed E-state index contributed by atoms with van der Waals surface area (Å²) >= 11 is 6.50. The predicted octanol–water partition coefficient (Wildman–Crippen LogP) is 4.47. The normalized spacial score (nSPS) is 17.0. The number of halogens is 1. The Morgan fingerprint density at radius 3 is 2.72 bits per heavy atom. The molecule has 1 aliphatic rings. The molecule has 32 heavy (non-hydrogen) atoms. The molecule has 1 aromatic carbocycles. The number of likely N-dealkylation sites (tertiary alicyclic amines) is 1. The lowest BCUT2D eigenvalue weighted by molar-refractivity contribution is 0.0506. The Bertz CT molecular complexity index is 1040. The topological polar surface area (TPSA) is 79.4 Å². The average Bonchev–Trinajstić information content (AvgIpc) is 3.18. The first kappa shape index (κ1) is 23.6. The molecule has 1 amide bonds. The average molecular weight is 456 g/mol. The molecule has 3 rings (SSSR count). The standard InChI is InChI=1S/C24H30ClN5O2/c1-6-19(25)22(30-12-9-18(15-30)29-23(31)32-24(3,4)5)16(2)28-14-17-7-8-20-21(13-17)27-11-10-26-20/h6-8,10-11,13,18,28H,1-2,9,12,14-15H2,3-5H3,(H,29,31)/b22-19-/t18-/m1/s1. The first-order valence-corrected chi connectivity index (χ1v) is 10.9. The molecule has 1 aromatic heterocycles. The van der Waals surface area contributed by atoms with Gasteiger partial charge in [-0.25, -0.2) is 4.79 Å². The third kappa shape index (κ3) is 6.23. The van der Waals surface area contributed by atoms with E-state index in [1.807, 2.05) is 39.0 Å². The number of benzene rings is 1. The molecule has 2 N–H and O–H groups in total. The molecule has 0 saturated carbocycles. The predicted molar refractivity (Wildman–Crippen MR) is 128 cm³/mol. The van der Waals surface area contributed by atoms with Gasteiger partial charge in [-0.15, -0.1) is 0 Å². The third-order valence-corrected chi connectivity index (χ3v) is 5.29. The van der Waals surface area contributed by atoms with Gasteiger partial charge in [0.05, 0.1) is 33.5 Å². The minimum absolute atomic E-state index is 0.0407. The molecular weight excluding hydrogens is 426 g/mol. The molecule has 0 aliphatic carbocycles. The van der Waals surface area contributed by atoms with Gasteiger partial charge in [-0.3, -0.25) is 9.97 Å². The number of rotatable bonds is 7. The van der Waals surface area contributed by atoms with Crippen molar-refractivity contribution >= 4 is 28.7 Å². The first-order chi connectivity index (χ1) is 15.2. The molecule has 0 unspecified atom stereocenters. The van der Waals surface area contributed by atoms with Crippen LogP contribution in [-0.4, -0.2) is 45.7 Å². The Balaban J connectivity index is 1.64. The van der Waals surface area contributed by atoms with Gasteiger partial charge < -0.3 is 20.3 Å². The summed E-state index contributed by atoms with van der Waals surface area (Å²) in [6, 6.07) is 5.91. The number of amides is 1. The highest BCUT2D eigenvalue weighted by Gasteiger charge is 2.29. The van der Waals surface area contributed by atoms with E-state index in [0.29, 0.717) is 23.8 Å². The highest BCUT2D eigenvalue weighted by molar-refractivity contribution is 6.31. The number of nitrogens with zero attached hydrogens (tertiary/aromatic N) is 3. The lowest BCUT2D eigenvalue weighted by atomic mass is 10.2. The van der Waals surface area contributed by atoms with E-state index in [4.69, 9.17) is 16.3 Å². The zero-order valence-corrected chi connectivity index (χ0v) is 19.6. The number of carbonyl (C=O) groups excluding carboxylic acids is 1. The summed E-state index contributed by atoms with van der Waals surface area (Å²) in [6.45, 7) is 15.4. The highest BCUT2D eigenvalue weighted by atomic mass is 35.5. The van der Waals surface area contributed by atoms with Crippen molar-refractivity contribution in [1.82, 2.24) is 25.5 Å². The fourth-order valence-corrected chi connectivity index (χ4v) is 3.78. The van der Waals surface area contributed by atoms with Crippen molar-refractivity contribution in [2.45, 2.75) is 45.4 Å². The van der Waals surface area contributed by atoms with Crippen LogP contribution >= 0.6 is 11.6 Å². The van der Waals surface area contributed by atoms with Crippen LogP contribution in [0.1, 0.15) is 32.8 Å². The monoisotopic (exact) mass is 455 g/mol. The molecule has 1 saturated heterocycles. The zero-order chi connectivity index (χ0) is 23.3. The molecule has 0 radical (unpaired) electrons. The number of aromatic nitrogens is 2. The second kappa shape index (κ2) is 10.0. The largest absolute Gasteiger partial charge is 0.444 e. The quantitative estimate of drug-likeness (QED) is 0.600. The Hall–Kier alpha value is -3.06. The number of carbonyl (C=O) groups is 1. The minimum Gasteiger partial charge on any atom is -0.444 e. The van der Waals surface area contributed by atoms with Crippen LogP contribution in [0.4, 0.5) is 4.79 Å². The number of hydrogen-bond donors (Lipinski definition) is 2. The molecule has 2 heterocycles. The molecule has 2 aromatic rings. The van der Waals surface area contributed by atoms with E-state index in [9.17, 15) is 4.79 Å². The van der Waals surface area contributed by atoms with Crippen molar-refractivity contribution in [3.8, 4) is 0 Å². The second-order valence-electron chi connectivity index (χ2n) is 8.69. The fourth-order valence-electron chi connectivity index (χ4n) is 3.55. The Morgan fingerprint density at radius 1 is 1.31 bits per heavy atom. The van der Waals surface area contributed by atoms with Crippen molar-refractivity contribution in [2.24, 2.45) is 0 Å². The van der Waals surface area contributed by atoms with E-state index in [1.54, 1.807) is 18.5 Å². The molecule has 1 fully saturated rings. The van der Waals surface area contributed by atoms with Crippen molar-refractivity contribution in [3.63, 3.8) is 0 Å². The van der Waals surface area contributed by atoms with Gasteiger partial charge in [-0.05, 0) is 51.0 Å². The summed E-state index contributed by atoms with van der Waals surface area (Å²) in [4.78, 5) is 22.9. The summed E-state index contributed by atoms with van der Waals surface area (Å²) < 4.78 is 5.37. The van der Waals surface area contributed by atoms with Crippen LogP contribution in [0, 0.1) is 0 Å².